The maximum absolute atomic E-state index is 12.9. The van der Waals surface area contributed by atoms with Gasteiger partial charge in [0, 0.05) is 38.0 Å². The number of sulfonamides is 1. The summed E-state index contributed by atoms with van der Waals surface area (Å²) in [5, 5.41) is 2.81. The first-order chi connectivity index (χ1) is 12.3. The highest BCUT2D eigenvalue weighted by Gasteiger charge is 2.42. The van der Waals surface area contributed by atoms with Crippen LogP contribution in [0.3, 0.4) is 0 Å². The lowest BCUT2D eigenvalue weighted by Gasteiger charge is -2.36. The fourth-order valence-corrected chi connectivity index (χ4v) is 4.69. The van der Waals surface area contributed by atoms with Gasteiger partial charge in [-0.1, -0.05) is 19.9 Å². The highest BCUT2D eigenvalue weighted by molar-refractivity contribution is 7.89. The van der Waals surface area contributed by atoms with Gasteiger partial charge in [0.1, 0.15) is 0 Å². The van der Waals surface area contributed by atoms with Crippen molar-refractivity contribution in [2.75, 3.05) is 32.8 Å². The fraction of sp³-hybridized carbons (Fsp3) is 0.611. The molecule has 0 atom stereocenters. The lowest BCUT2D eigenvalue weighted by Crippen LogP contribution is -2.47. The normalized spacial score (nSPS) is 20.6. The smallest absolute Gasteiger partial charge is 0.251 e. The number of amides is 1. The summed E-state index contributed by atoms with van der Waals surface area (Å²) >= 11 is 0. The van der Waals surface area contributed by atoms with Gasteiger partial charge in [0.2, 0.25) is 10.0 Å². The second-order valence-electron chi connectivity index (χ2n) is 7.14. The van der Waals surface area contributed by atoms with Crippen molar-refractivity contribution in [1.29, 1.82) is 0 Å². The molecule has 0 aromatic heterocycles. The number of nitrogens with one attached hydrogen (secondary N) is 1. The predicted octanol–water partition coefficient (Wildman–Crippen LogP) is 1.60. The number of hydrogen-bond donors (Lipinski definition) is 1. The lowest BCUT2D eigenvalue weighted by molar-refractivity contribution is -0.179. The van der Waals surface area contributed by atoms with Crippen LogP contribution in [0, 0.1) is 5.92 Å². The van der Waals surface area contributed by atoms with Gasteiger partial charge in [-0.05, 0) is 24.1 Å². The van der Waals surface area contributed by atoms with Crippen molar-refractivity contribution in [3.05, 3.63) is 29.8 Å². The molecule has 2 aliphatic rings. The summed E-state index contributed by atoms with van der Waals surface area (Å²) < 4.78 is 38.6. The summed E-state index contributed by atoms with van der Waals surface area (Å²) in [6, 6.07) is 6.20. The molecule has 0 radical (unpaired) electrons. The van der Waals surface area contributed by atoms with Crippen LogP contribution in [0.2, 0.25) is 0 Å². The molecule has 2 fully saturated rings. The number of carbonyl (C=O) groups excluding carboxylic acids is 1. The van der Waals surface area contributed by atoms with Crippen LogP contribution in [-0.2, 0) is 19.5 Å². The monoisotopic (exact) mass is 382 g/mol. The summed E-state index contributed by atoms with van der Waals surface area (Å²) in [6.07, 6.45) is 1.03. The van der Waals surface area contributed by atoms with E-state index < -0.39 is 15.8 Å². The molecule has 1 spiro atoms. The Morgan fingerprint density at radius 1 is 1.23 bits per heavy atom. The number of ether oxygens (including phenoxy) is 2. The maximum atomic E-state index is 12.9. The Kier molecular flexibility index (Phi) is 5.67. The zero-order valence-corrected chi connectivity index (χ0v) is 16.0. The summed E-state index contributed by atoms with van der Waals surface area (Å²) in [5.41, 5.74) is 0.350. The number of nitrogens with zero attached hydrogens (tertiary/aromatic N) is 1. The number of piperidine rings is 1. The Labute approximate surface area is 154 Å². The second kappa shape index (κ2) is 7.64. The molecule has 0 saturated carbocycles. The van der Waals surface area contributed by atoms with Gasteiger partial charge in [0.25, 0.3) is 5.91 Å². The topological polar surface area (TPSA) is 84.9 Å². The third-order valence-corrected chi connectivity index (χ3v) is 6.60. The lowest BCUT2D eigenvalue weighted by atomic mass is 10.1. The van der Waals surface area contributed by atoms with Crippen LogP contribution >= 0.6 is 0 Å². The molecule has 0 unspecified atom stereocenters. The minimum absolute atomic E-state index is 0.138. The summed E-state index contributed by atoms with van der Waals surface area (Å²) in [7, 11) is -3.65. The van der Waals surface area contributed by atoms with Crippen molar-refractivity contribution in [2.45, 2.75) is 37.4 Å². The molecule has 144 valence electrons. The van der Waals surface area contributed by atoms with Gasteiger partial charge in [-0.25, -0.2) is 8.42 Å². The zero-order chi connectivity index (χ0) is 18.8. The Balaban J connectivity index is 1.71. The standard InChI is InChI=1S/C18H26N2O5S/c1-14(2)13-19-17(21)15-4-3-5-16(12-15)26(22,23)20-8-6-18(7-9-20)24-10-11-25-18/h3-5,12,14H,6-11,13H2,1-2H3,(H,19,21). The molecular weight excluding hydrogens is 356 g/mol. The van der Waals surface area contributed by atoms with E-state index in [-0.39, 0.29) is 10.8 Å². The molecule has 26 heavy (non-hydrogen) atoms. The first kappa shape index (κ1) is 19.3. The number of rotatable bonds is 5. The molecule has 2 aliphatic heterocycles. The van der Waals surface area contributed by atoms with E-state index >= 15 is 0 Å². The van der Waals surface area contributed by atoms with E-state index in [2.05, 4.69) is 5.32 Å². The average Bonchev–Trinajstić information content (AvgIpc) is 3.08. The van der Waals surface area contributed by atoms with Gasteiger partial charge in [-0.15, -0.1) is 0 Å². The Hall–Kier alpha value is -1.48. The van der Waals surface area contributed by atoms with Gasteiger partial charge in [0.15, 0.2) is 5.79 Å². The Bertz CT molecular complexity index is 747. The van der Waals surface area contributed by atoms with Crippen molar-refractivity contribution in [1.82, 2.24) is 9.62 Å². The molecule has 1 aromatic carbocycles. The average molecular weight is 382 g/mol. The Morgan fingerprint density at radius 2 is 1.88 bits per heavy atom. The van der Waals surface area contributed by atoms with Gasteiger partial charge in [-0.3, -0.25) is 4.79 Å². The molecule has 8 heteroatoms. The number of carbonyl (C=O) groups is 1. The van der Waals surface area contributed by atoms with Gasteiger partial charge in [0.05, 0.1) is 18.1 Å². The van der Waals surface area contributed by atoms with Crippen LogP contribution in [-0.4, -0.2) is 57.3 Å². The first-order valence-electron chi connectivity index (χ1n) is 8.99. The third-order valence-electron chi connectivity index (χ3n) is 4.70. The van der Waals surface area contributed by atoms with E-state index in [1.165, 1.54) is 16.4 Å². The highest BCUT2D eigenvalue weighted by Crippen LogP contribution is 2.33. The van der Waals surface area contributed by atoms with Crippen LogP contribution in [0.1, 0.15) is 37.0 Å². The Morgan fingerprint density at radius 3 is 2.50 bits per heavy atom. The number of benzene rings is 1. The van der Waals surface area contributed by atoms with E-state index in [9.17, 15) is 13.2 Å². The molecule has 1 amide bonds. The molecule has 1 aromatic rings. The summed E-state index contributed by atoms with van der Waals surface area (Å²) in [4.78, 5) is 12.4. The molecule has 7 nitrogen and oxygen atoms in total. The van der Waals surface area contributed by atoms with Crippen molar-refractivity contribution in [3.63, 3.8) is 0 Å². The van der Waals surface area contributed by atoms with Crippen molar-refractivity contribution < 1.29 is 22.7 Å². The van der Waals surface area contributed by atoms with Gasteiger partial charge < -0.3 is 14.8 Å². The van der Waals surface area contributed by atoms with Gasteiger partial charge in [-0.2, -0.15) is 4.31 Å². The first-order valence-corrected chi connectivity index (χ1v) is 10.4. The quantitative estimate of drug-likeness (QED) is 0.836. The molecule has 1 N–H and O–H groups in total. The van der Waals surface area contributed by atoms with E-state index in [0.717, 1.165) is 0 Å². The molecule has 0 aliphatic carbocycles. The van der Waals surface area contributed by atoms with E-state index in [4.69, 9.17) is 9.47 Å². The van der Waals surface area contributed by atoms with Crippen LogP contribution in [0.5, 0.6) is 0 Å². The van der Waals surface area contributed by atoms with Gasteiger partial charge >= 0.3 is 0 Å². The zero-order valence-electron chi connectivity index (χ0n) is 15.2. The van der Waals surface area contributed by atoms with Crippen molar-refractivity contribution >= 4 is 15.9 Å². The molecule has 2 saturated heterocycles. The molecule has 0 bridgehead atoms. The molecule has 3 rings (SSSR count). The molecule has 2 heterocycles. The maximum Gasteiger partial charge on any atom is 0.251 e. The van der Waals surface area contributed by atoms with Crippen LogP contribution in [0.25, 0.3) is 0 Å². The second-order valence-corrected chi connectivity index (χ2v) is 9.08. The van der Waals surface area contributed by atoms with E-state index in [1.807, 2.05) is 13.8 Å². The van der Waals surface area contributed by atoms with Crippen LogP contribution in [0.15, 0.2) is 29.2 Å². The SMILES string of the molecule is CC(C)CNC(=O)c1cccc(S(=O)(=O)N2CCC3(CC2)OCCO3)c1. The summed E-state index contributed by atoms with van der Waals surface area (Å²) in [5.74, 6) is -0.558. The van der Waals surface area contributed by atoms with Crippen molar-refractivity contribution in [3.8, 4) is 0 Å². The van der Waals surface area contributed by atoms with Crippen LogP contribution < -0.4 is 5.32 Å². The predicted molar refractivity (Wildman–Crippen MR) is 96.2 cm³/mol. The fourth-order valence-electron chi connectivity index (χ4n) is 3.20. The van der Waals surface area contributed by atoms with Crippen molar-refractivity contribution in [2.24, 2.45) is 5.92 Å². The number of hydrogen-bond acceptors (Lipinski definition) is 5. The minimum atomic E-state index is -3.65. The minimum Gasteiger partial charge on any atom is -0.352 e. The summed E-state index contributed by atoms with van der Waals surface area (Å²) in [6.45, 7) is 6.34. The third kappa shape index (κ3) is 4.09. The highest BCUT2D eigenvalue weighted by atomic mass is 32.2. The van der Waals surface area contributed by atoms with E-state index in [1.54, 1.807) is 12.1 Å². The van der Waals surface area contributed by atoms with Crippen LogP contribution in [0.4, 0.5) is 0 Å². The molecular formula is C18H26N2O5S. The van der Waals surface area contributed by atoms with E-state index in [0.29, 0.717) is 57.2 Å². The largest absolute Gasteiger partial charge is 0.352 e.